The summed E-state index contributed by atoms with van der Waals surface area (Å²) in [4.78, 5) is 24.2. The maximum atomic E-state index is 11.0. The molecule has 1 aromatic rings. The lowest BCUT2D eigenvalue weighted by atomic mass is 10.3. The number of carbonyl (C=O) groups excluding carboxylic acids is 1. The van der Waals surface area contributed by atoms with Crippen LogP contribution in [0.4, 0.5) is 5.69 Å². The van der Waals surface area contributed by atoms with Gasteiger partial charge in [0, 0.05) is 13.7 Å². The predicted molar refractivity (Wildman–Crippen MR) is 49.4 cm³/mol. The van der Waals surface area contributed by atoms with Gasteiger partial charge in [-0.2, -0.15) is 0 Å². The third kappa shape index (κ3) is 1.97. The first kappa shape index (κ1) is 10.4. The fraction of sp³-hybridized carbons (Fsp3) is 0.143. The summed E-state index contributed by atoms with van der Waals surface area (Å²) in [5, 5.41) is 10.2. The van der Waals surface area contributed by atoms with Gasteiger partial charge in [-0.15, -0.1) is 0 Å². The maximum Gasteiger partial charge on any atom is 0.339 e. The third-order valence-electron chi connectivity index (χ3n) is 1.44. The van der Waals surface area contributed by atoms with Crippen molar-refractivity contribution in [1.82, 2.24) is 4.98 Å². The minimum Gasteiger partial charge on any atom is -0.465 e. The van der Waals surface area contributed by atoms with E-state index in [0.717, 1.165) is 12.3 Å². The number of halogens is 1. The minimum atomic E-state index is -0.720. The van der Waals surface area contributed by atoms with Crippen LogP contribution in [-0.4, -0.2) is 23.0 Å². The molecule has 1 rings (SSSR count). The lowest BCUT2D eigenvalue weighted by molar-refractivity contribution is -0.385. The Labute approximate surface area is 85.1 Å². The van der Waals surface area contributed by atoms with Gasteiger partial charge in [0.15, 0.2) is 0 Å². The summed E-state index contributed by atoms with van der Waals surface area (Å²) in [6, 6.07) is 1.02. The molecule has 0 spiro atoms. The highest BCUT2D eigenvalue weighted by Crippen LogP contribution is 2.22. The van der Waals surface area contributed by atoms with Crippen LogP contribution in [0, 0.1) is 10.1 Å². The zero-order valence-electron chi connectivity index (χ0n) is 7.06. The SMILES string of the molecule is COC(=O)c1cnc(Cl)c([N+](=O)[O-])c1.[HH]. The molecule has 14 heavy (non-hydrogen) atoms. The number of hydrogen-bond acceptors (Lipinski definition) is 5. The van der Waals surface area contributed by atoms with Crippen LogP contribution in [-0.2, 0) is 4.74 Å². The molecule has 0 radical (unpaired) electrons. The number of ether oxygens (including phenoxy) is 1. The number of aromatic nitrogens is 1. The van der Waals surface area contributed by atoms with E-state index in [0.29, 0.717) is 0 Å². The van der Waals surface area contributed by atoms with Crippen LogP contribution in [0.1, 0.15) is 11.8 Å². The molecule has 7 heteroatoms. The molecule has 0 fully saturated rings. The van der Waals surface area contributed by atoms with E-state index in [1.54, 1.807) is 0 Å². The predicted octanol–water partition coefficient (Wildman–Crippen LogP) is 1.68. The van der Waals surface area contributed by atoms with E-state index in [2.05, 4.69) is 9.72 Å². The van der Waals surface area contributed by atoms with E-state index >= 15 is 0 Å². The second kappa shape index (κ2) is 4.01. The Bertz CT molecular complexity index is 399. The van der Waals surface area contributed by atoms with E-state index in [9.17, 15) is 14.9 Å². The molecule has 0 amide bonds. The van der Waals surface area contributed by atoms with E-state index in [1.165, 1.54) is 7.11 Å². The number of carbonyl (C=O) groups is 1. The van der Waals surface area contributed by atoms with Gasteiger partial charge < -0.3 is 4.74 Å². The Morgan fingerprint density at radius 3 is 2.93 bits per heavy atom. The normalized spacial score (nSPS) is 9.57. The van der Waals surface area contributed by atoms with Gasteiger partial charge in [0.1, 0.15) is 0 Å². The van der Waals surface area contributed by atoms with E-state index < -0.39 is 16.6 Å². The number of methoxy groups -OCH3 is 1. The van der Waals surface area contributed by atoms with Crippen LogP contribution >= 0.6 is 11.6 Å². The number of pyridine rings is 1. The van der Waals surface area contributed by atoms with Gasteiger partial charge in [0.05, 0.1) is 17.6 Å². The Hall–Kier alpha value is -1.69. The molecule has 0 aliphatic heterocycles. The van der Waals surface area contributed by atoms with Crippen molar-refractivity contribution in [2.75, 3.05) is 7.11 Å². The van der Waals surface area contributed by atoms with Crippen molar-refractivity contribution in [3.8, 4) is 0 Å². The molecule has 0 saturated heterocycles. The topological polar surface area (TPSA) is 82.3 Å². The fourth-order valence-corrected chi connectivity index (χ4v) is 0.966. The average molecular weight is 219 g/mol. The molecular formula is C7H7ClN2O4. The van der Waals surface area contributed by atoms with Crippen LogP contribution in [0.5, 0.6) is 0 Å². The molecular weight excluding hydrogens is 212 g/mol. The smallest absolute Gasteiger partial charge is 0.339 e. The monoisotopic (exact) mass is 218 g/mol. The van der Waals surface area contributed by atoms with Gasteiger partial charge >= 0.3 is 11.7 Å². The average Bonchev–Trinajstić information content (AvgIpc) is 2.17. The first-order valence-corrected chi connectivity index (χ1v) is 3.82. The Kier molecular flexibility index (Phi) is 2.98. The number of esters is 1. The van der Waals surface area contributed by atoms with Crippen LogP contribution < -0.4 is 0 Å². The molecule has 1 aromatic heterocycles. The second-order valence-corrected chi connectivity index (χ2v) is 2.64. The minimum absolute atomic E-state index is 0. The molecule has 0 atom stereocenters. The quantitative estimate of drug-likeness (QED) is 0.326. The summed E-state index contributed by atoms with van der Waals surface area (Å²) in [7, 11) is 1.17. The van der Waals surface area contributed by atoms with Crippen molar-refractivity contribution >= 4 is 23.3 Å². The molecule has 0 bridgehead atoms. The molecule has 0 aromatic carbocycles. The van der Waals surface area contributed by atoms with Crippen LogP contribution in [0.2, 0.25) is 5.15 Å². The maximum absolute atomic E-state index is 11.0. The molecule has 0 saturated carbocycles. The van der Waals surface area contributed by atoms with Crippen molar-refractivity contribution in [2.24, 2.45) is 0 Å². The second-order valence-electron chi connectivity index (χ2n) is 2.28. The summed E-state index contributed by atoms with van der Waals surface area (Å²) in [6.07, 6.45) is 1.11. The van der Waals surface area contributed by atoms with E-state index in [-0.39, 0.29) is 12.1 Å². The highest BCUT2D eigenvalue weighted by molar-refractivity contribution is 6.31. The number of hydrogen-bond donors (Lipinski definition) is 0. The summed E-state index contributed by atoms with van der Waals surface area (Å²) < 4.78 is 4.37. The standard InChI is InChI=1S/C7H5ClN2O4.H2/c1-14-7(11)4-2-5(10(12)13)6(8)9-3-4;/h2-3H,1H3;1H. The van der Waals surface area contributed by atoms with Gasteiger partial charge in [0.2, 0.25) is 5.15 Å². The van der Waals surface area contributed by atoms with Gasteiger partial charge in [-0.05, 0) is 0 Å². The molecule has 0 unspecified atom stereocenters. The van der Waals surface area contributed by atoms with Gasteiger partial charge in [0.25, 0.3) is 0 Å². The van der Waals surface area contributed by atoms with Gasteiger partial charge in [-0.3, -0.25) is 10.1 Å². The molecule has 0 aliphatic rings. The Morgan fingerprint density at radius 2 is 2.43 bits per heavy atom. The number of nitrogens with zero attached hydrogens (tertiary/aromatic N) is 2. The van der Waals surface area contributed by atoms with Crippen LogP contribution in [0.3, 0.4) is 0 Å². The van der Waals surface area contributed by atoms with Crippen molar-refractivity contribution < 1.29 is 15.9 Å². The van der Waals surface area contributed by atoms with Crippen molar-refractivity contribution in [1.29, 1.82) is 0 Å². The lowest BCUT2D eigenvalue weighted by Crippen LogP contribution is -2.03. The van der Waals surface area contributed by atoms with Crippen LogP contribution in [0.15, 0.2) is 12.3 Å². The third-order valence-corrected chi connectivity index (χ3v) is 1.73. The summed E-state index contributed by atoms with van der Waals surface area (Å²) in [6.45, 7) is 0. The molecule has 0 N–H and O–H groups in total. The summed E-state index contributed by atoms with van der Waals surface area (Å²) in [5.41, 5.74) is -0.432. The van der Waals surface area contributed by atoms with Crippen LogP contribution in [0.25, 0.3) is 0 Å². The van der Waals surface area contributed by atoms with E-state index in [1.807, 2.05) is 0 Å². The van der Waals surface area contributed by atoms with E-state index in [4.69, 9.17) is 11.6 Å². The zero-order valence-corrected chi connectivity index (χ0v) is 7.82. The molecule has 6 nitrogen and oxygen atoms in total. The van der Waals surface area contributed by atoms with Gasteiger partial charge in [-0.1, -0.05) is 11.6 Å². The highest BCUT2D eigenvalue weighted by Gasteiger charge is 2.17. The van der Waals surface area contributed by atoms with Gasteiger partial charge in [-0.25, -0.2) is 9.78 Å². The lowest BCUT2D eigenvalue weighted by Gasteiger charge is -1.98. The van der Waals surface area contributed by atoms with Crippen molar-refractivity contribution in [2.45, 2.75) is 0 Å². The summed E-state index contributed by atoms with van der Waals surface area (Å²) in [5.74, 6) is -0.697. The first-order chi connectivity index (χ1) is 6.56. The first-order valence-electron chi connectivity index (χ1n) is 3.44. The number of rotatable bonds is 2. The Balaban J connectivity index is 0.00000196. The zero-order chi connectivity index (χ0) is 10.7. The Morgan fingerprint density at radius 1 is 1.79 bits per heavy atom. The summed E-state index contributed by atoms with van der Waals surface area (Å²) >= 11 is 5.43. The van der Waals surface area contributed by atoms with Crippen molar-refractivity contribution in [3.63, 3.8) is 0 Å². The van der Waals surface area contributed by atoms with Crippen molar-refractivity contribution in [3.05, 3.63) is 33.1 Å². The molecule has 0 aliphatic carbocycles. The molecule has 1 heterocycles. The fourth-order valence-electron chi connectivity index (χ4n) is 0.794. The number of nitro groups is 1. The largest absolute Gasteiger partial charge is 0.465 e. The highest BCUT2D eigenvalue weighted by atomic mass is 35.5. The molecule has 76 valence electrons.